The summed E-state index contributed by atoms with van der Waals surface area (Å²) >= 11 is 3.97. The van der Waals surface area contributed by atoms with Gasteiger partial charge in [-0.2, -0.15) is 21.4 Å². The minimum Gasteiger partial charge on any atom is -0.349 e. The molecular formula is C12H13F4NOS. The van der Waals surface area contributed by atoms with Gasteiger partial charge in [0, 0.05) is 0 Å². The Hall–Kier alpha value is -1.24. The molecular weight excluding hydrogens is 282 g/mol. The van der Waals surface area contributed by atoms with E-state index in [-0.39, 0.29) is 6.42 Å². The van der Waals surface area contributed by atoms with Crippen molar-refractivity contribution in [2.24, 2.45) is 0 Å². The van der Waals surface area contributed by atoms with Gasteiger partial charge < -0.3 is 5.32 Å². The number of benzene rings is 1. The van der Waals surface area contributed by atoms with Crippen LogP contribution >= 0.6 is 12.6 Å². The van der Waals surface area contributed by atoms with Crippen LogP contribution in [0.25, 0.3) is 0 Å². The third kappa shape index (κ3) is 5.10. The number of thiol groups is 1. The molecule has 19 heavy (non-hydrogen) atoms. The van der Waals surface area contributed by atoms with Crippen LogP contribution in [0.1, 0.15) is 5.56 Å². The highest BCUT2D eigenvalue weighted by atomic mass is 32.1. The first-order valence-electron chi connectivity index (χ1n) is 5.48. The third-order valence-electron chi connectivity index (χ3n) is 2.39. The lowest BCUT2D eigenvalue weighted by Crippen LogP contribution is -2.44. The maximum absolute atomic E-state index is 12.6. The van der Waals surface area contributed by atoms with Gasteiger partial charge in [0.1, 0.15) is 0 Å². The van der Waals surface area contributed by atoms with E-state index >= 15 is 0 Å². The van der Waals surface area contributed by atoms with Crippen LogP contribution in [0, 0.1) is 0 Å². The van der Waals surface area contributed by atoms with Gasteiger partial charge in [-0.25, -0.2) is 8.78 Å². The maximum atomic E-state index is 12.6. The predicted molar refractivity (Wildman–Crippen MR) is 66.9 cm³/mol. The van der Waals surface area contributed by atoms with Crippen LogP contribution in [0.15, 0.2) is 30.3 Å². The SMILES string of the molecule is O=C(NCC(F)(F)C(F)F)C(S)Cc1ccccc1. The van der Waals surface area contributed by atoms with E-state index in [0.29, 0.717) is 0 Å². The lowest BCUT2D eigenvalue weighted by molar-refractivity contribution is -0.136. The minimum atomic E-state index is -4.23. The lowest BCUT2D eigenvalue weighted by Gasteiger charge is -2.17. The van der Waals surface area contributed by atoms with Crippen LogP contribution in [0.4, 0.5) is 17.6 Å². The fourth-order valence-corrected chi connectivity index (χ4v) is 1.63. The van der Waals surface area contributed by atoms with E-state index in [4.69, 9.17) is 0 Å². The molecule has 7 heteroatoms. The summed E-state index contributed by atoms with van der Waals surface area (Å²) in [5, 5.41) is 0.914. The van der Waals surface area contributed by atoms with Gasteiger partial charge in [0.2, 0.25) is 5.91 Å². The third-order valence-corrected chi connectivity index (χ3v) is 2.81. The quantitative estimate of drug-likeness (QED) is 0.613. The number of halogens is 4. The van der Waals surface area contributed by atoms with Crippen LogP contribution in [-0.4, -0.2) is 30.0 Å². The van der Waals surface area contributed by atoms with Crippen molar-refractivity contribution in [3.05, 3.63) is 35.9 Å². The summed E-state index contributed by atoms with van der Waals surface area (Å²) in [7, 11) is 0. The van der Waals surface area contributed by atoms with Crippen LogP contribution in [0.2, 0.25) is 0 Å². The Balaban J connectivity index is 2.46. The highest BCUT2D eigenvalue weighted by Crippen LogP contribution is 2.21. The molecule has 1 N–H and O–H groups in total. The van der Waals surface area contributed by atoms with E-state index in [1.165, 1.54) is 0 Å². The van der Waals surface area contributed by atoms with Gasteiger partial charge >= 0.3 is 12.3 Å². The van der Waals surface area contributed by atoms with Crippen LogP contribution in [-0.2, 0) is 11.2 Å². The van der Waals surface area contributed by atoms with Crippen molar-refractivity contribution in [2.75, 3.05) is 6.54 Å². The summed E-state index contributed by atoms with van der Waals surface area (Å²) in [4.78, 5) is 11.5. The van der Waals surface area contributed by atoms with Crippen molar-refractivity contribution in [3.63, 3.8) is 0 Å². The van der Waals surface area contributed by atoms with Crippen molar-refractivity contribution < 1.29 is 22.4 Å². The van der Waals surface area contributed by atoms with Gasteiger partial charge in [0.05, 0.1) is 11.8 Å². The van der Waals surface area contributed by atoms with Crippen molar-refractivity contribution in [3.8, 4) is 0 Å². The predicted octanol–water partition coefficient (Wildman–Crippen LogP) is 2.54. The molecule has 1 atom stereocenters. The Morgan fingerprint density at radius 3 is 2.37 bits per heavy atom. The zero-order valence-corrected chi connectivity index (χ0v) is 10.7. The summed E-state index contributed by atoms with van der Waals surface area (Å²) in [5.41, 5.74) is 0.804. The molecule has 0 saturated carbocycles. The number of rotatable bonds is 6. The molecule has 0 saturated heterocycles. The summed E-state index contributed by atoms with van der Waals surface area (Å²) < 4.78 is 49.0. The van der Waals surface area contributed by atoms with Crippen LogP contribution < -0.4 is 5.32 Å². The molecule has 106 valence electrons. The van der Waals surface area contributed by atoms with E-state index in [0.717, 1.165) is 5.56 Å². The van der Waals surface area contributed by atoms with Crippen molar-refractivity contribution in [1.29, 1.82) is 0 Å². The average Bonchev–Trinajstić information content (AvgIpc) is 2.37. The Morgan fingerprint density at radius 1 is 1.26 bits per heavy atom. The fraction of sp³-hybridized carbons (Fsp3) is 0.417. The first-order valence-corrected chi connectivity index (χ1v) is 6.00. The van der Waals surface area contributed by atoms with Crippen molar-refractivity contribution in [2.45, 2.75) is 24.0 Å². The van der Waals surface area contributed by atoms with Gasteiger partial charge in [-0.1, -0.05) is 30.3 Å². The standard InChI is InChI=1S/C12H13F4NOS/c13-11(14)12(15,16)7-17-10(18)9(19)6-8-4-2-1-3-5-8/h1-5,9,11,19H,6-7H2,(H,17,18). The average molecular weight is 295 g/mol. The minimum absolute atomic E-state index is 0.232. The number of carbonyl (C=O) groups is 1. The number of hydrogen-bond acceptors (Lipinski definition) is 2. The second-order valence-electron chi connectivity index (χ2n) is 3.99. The molecule has 0 aliphatic carbocycles. The summed E-state index contributed by atoms with van der Waals surface area (Å²) in [5.74, 6) is -5.02. The van der Waals surface area contributed by atoms with E-state index < -0.39 is 30.0 Å². The van der Waals surface area contributed by atoms with Crippen LogP contribution in [0.5, 0.6) is 0 Å². The monoisotopic (exact) mass is 295 g/mol. The van der Waals surface area contributed by atoms with E-state index in [1.807, 2.05) is 0 Å². The molecule has 1 aromatic carbocycles. The molecule has 1 unspecified atom stereocenters. The molecule has 0 aliphatic rings. The Bertz CT molecular complexity index is 413. The molecule has 1 amide bonds. The van der Waals surface area contributed by atoms with Gasteiger partial charge in [-0.05, 0) is 12.0 Å². The Labute approximate surface area is 113 Å². The molecule has 0 aromatic heterocycles. The summed E-state index contributed by atoms with van der Waals surface area (Å²) in [6, 6.07) is 8.83. The number of carbonyl (C=O) groups excluding carboxylic acids is 1. The zero-order valence-electron chi connectivity index (χ0n) is 9.82. The lowest BCUT2D eigenvalue weighted by atomic mass is 10.1. The largest absolute Gasteiger partial charge is 0.349 e. The van der Waals surface area contributed by atoms with Gasteiger partial charge in [-0.15, -0.1) is 0 Å². The Morgan fingerprint density at radius 2 is 1.84 bits per heavy atom. The first-order chi connectivity index (χ1) is 8.83. The smallest absolute Gasteiger partial charge is 0.324 e. The number of nitrogens with one attached hydrogen (secondary N) is 1. The summed E-state index contributed by atoms with van der Waals surface area (Å²) in [6.45, 7) is -1.39. The van der Waals surface area contributed by atoms with Gasteiger partial charge in [-0.3, -0.25) is 4.79 Å². The first kappa shape index (κ1) is 15.8. The van der Waals surface area contributed by atoms with E-state index in [9.17, 15) is 22.4 Å². The topological polar surface area (TPSA) is 29.1 Å². The molecule has 0 aliphatic heterocycles. The van der Waals surface area contributed by atoms with Crippen LogP contribution in [0.3, 0.4) is 0 Å². The highest BCUT2D eigenvalue weighted by Gasteiger charge is 2.41. The molecule has 2 nitrogen and oxygen atoms in total. The van der Waals surface area contributed by atoms with Crippen molar-refractivity contribution >= 4 is 18.5 Å². The molecule has 0 heterocycles. The molecule has 1 aromatic rings. The zero-order chi connectivity index (χ0) is 14.5. The Kier molecular flexibility index (Phi) is 5.65. The van der Waals surface area contributed by atoms with Crippen molar-refractivity contribution in [1.82, 2.24) is 5.32 Å². The second-order valence-corrected chi connectivity index (χ2v) is 4.61. The maximum Gasteiger partial charge on any atom is 0.324 e. The number of hydrogen-bond donors (Lipinski definition) is 2. The fourth-order valence-electron chi connectivity index (χ4n) is 1.33. The number of alkyl halides is 4. The molecule has 0 spiro atoms. The van der Waals surface area contributed by atoms with E-state index in [1.54, 1.807) is 35.6 Å². The molecule has 0 bridgehead atoms. The second kappa shape index (κ2) is 6.79. The van der Waals surface area contributed by atoms with Gasteiger partial charge in [0.25, 0.3) is 0 Å². The number of amides is 1. The normalized spacial score (nSPS) is 13.4. The van der Waals surface area contributed by atoms with Gasteiger partial charge in [0.15, 0.2) is 0 Å². The molecule has 0 fully saturated rings. The summed E-state index contributed by atoms with van der Waals surface area (Å²) in [6.07, 6.45) is -3.57. The highest BCUT2D eigenvalue weighted by molar-refractivity contribution is 7.81. The van der Waals surface area contributed by atoms with E-state index in [2.05, 4.69) is 12.6 Å². The molecule has 0 radical (unpaired) electrons. The molecule has 1 rings (SSSR count).